The quantitative estimate of drug-likeness (QED) is 0.714. The van der Waals surface area contributed by atoms with Crippen molar-refractivity contribution in [2.75, 3.05) is 17.6 Å². The Balaban J connectivity index is 1.75. The molecule has 0 heterocycles. The summed E-state index contributed by atoms with van der Waals surface area (Å²) in [5, 5.41) is 5.46. The second kappa shape index (κ2) is 8.89. The van der Waals surface area contributed by atoms with E-state index in [0.717, 1.165) is 26.2 Å². The van der Waals surface area contributed by atoms with Crippen LogP contribution in [0.2, 0.25) is 0 Å². The Morgan fingerprint density at radius 1 is 1.04 bits per heavy atom. The van der Waals surface area contributed by atoms with Gasteiger partial charge in [0.1, 0.15) is 0 Å². The Morgan fingerprint density at radius 3 is 2.46 bits per heavy atom. The van der Waals surface area contributed by atoms with E-state index in [9.17, 15) is 9.59 Å². The summed E-state index contributed by atoms with van der Waals surface area (Å²) >= 11 is 4.80. The number of amides is 2. The van der Waals surface area contributed by atoms with Gasteiger partial charge in [0.05, 0.1) is 12.3 Å². The summed E-state index contributed by atoms with van der Waals surface area (Å²) in [5.41, 5.74) is 2.92. The van der Waals surface area contributed by atoms with Gasteiger partial charge < -0.3 is 10.6 Å². The summed E-state index contributed by atoms with van der Waals surface area (Å²) in [5.74, 6) is -0.122. The van der Waals surface area contributed by atoms with Gasteiger partial charge in [0.2, 0.25) is 11.8 Å². The fraction of sp³-hybridized carbons (Fsp3) is 0.222. The highest BCUT2D eigenvalue weighted by molar-refractivity contribution is 9.10. The molecule has 2 aromatic rings. The van der Waals surface area contributed by atoms with Crippen LogP contribution in [0.5, 0.6) is 0 Å². The minimum atomic E-state index is -0.231. The van der Waals surface area contributed by atoms with Crippen LogP contribution in [0.1, 0.15) is 11.1 Å². The Kier molecular flexibility index (Phi) is 6.87. The third-order valence-electron chi connectivity index (χ3n) is 3.51. The largest absolute Gasteiger partial charge is 0.346 e. The first-order chi connectivity index (χ1) is 11.5. The van der Waals surface area contributed by atoms with Crippen molar-refractivity contribution in [3.05, 3.63) is 58.1 Å². The Labute approximate surface area is 154 Å². The molecule has 0 bridgehead atoms. The molecule has 0 aliphatic rings. The first kappa shape index (κ1) is 18.5. The molecular weight excluding hydrogens is 388 g/mol. The standard InChI is InChI=1S/C18H19BrN2O2S/c1-12-4-3-5-16(13(12)2)21-17(22)10-20-18(23)11-24-15-8-6-14(19)7-9-15/h3-9H,10-11H2,1-2H3,(H,20,23)(H,21,22). The maximum absolute atomic E-state index is 12.0. The highest BCUT2D eigenvalue weighted by Crippen LogP contribution is 2.20. The average Bonchev–Trinajstić information content (AvgIpc) is 2.56. The zero-order chi connectivity index (χ0) is 17.5. The van der Waals surface area contributed by atoms with E-state index in [2.05, 4.69) is 26.6 Å². The van der Waals surface area contributed by atoms with Gasteiger partial charge in [-0.1, -0.05) is 28.1 Å². The Bertz CT molecular complexity index is 732. The van der Waals surface area contributed by atoms with E-state index in [1.165, 1.54) is 11.8 Å². The summed E-state index contributed by atoms with van der Waals surface area (Å²) in [4.78, 5) is 24.8. The molecule has 0 saturated carbocycles. The van der Waals surface area contributed by atoms with Crippen molar-refractivity contribution in [1.29, 1.82) is 0 Å². The van der Waals surface area contributed by atoms with Crippen LogP contribution in [0.3, 0.4) is 0 Å². The van der Waals surface area contributed by atoms with Crippen molar-refractivity contribution in [3.63, 3.8) is 0 Å². The van der Waals surface area contributed by atoms with E-state index in [0.29, 0.717) is 0 Å². The number of thioether (sulfide) groups is 1. The molecule has 0 fully saturated rings. The number of rotatable bonds is 6. The number of benzene rings is 2. The number of halogens is 1. The number of carbonyl (C=O) groups is 2. The maximum atomic E-state index is 12.0. The molecule has 0 aliphatic heterocycles. The molecule has 0 aromatic heterocycles. The van der Waals surface area contributed by atoms with Crippen LogP contribution in [0.4, 0.5) is 5.69 Å². The molecular formula is C18H19BrN2O2S. The van der Waals surface area contributed by atoms with Crippen molar-refractivity contribution in [3.8, 4) is 0 Å². The van der Waals surface area contributed by atoms with E-state index in [4.69, 9.17) is 0 Å². The molecule has 6 heteroatoms. The number of carbonyl (C=O) groups excluding carboxylic acids is 2. The van der Waals surface area contributed by atoms with Gasteiger partial charge >= 0.3 is 0 Å². The highest BCUT2D eigenvalue weighted by atomic mass is 79.9. The zero-order valence-electron chi connectivity index (χ0n) is 13.6. The van der Waals surface area contributed by atoms with Crippen molar-refractivity contribution < 1.29 is 9.59 Å². The van der Waals surface area contributed by atoms with Gasteiger partial charge in [0.15, 0.2) is 0 Å². The zero-order valence-corrected chi connectivity index (χ0v) is 16.0. The van der Waals surface area contributed by atoms with Crippen molar-refractivity contribution >= 4 is 45.2 Å². The first-order valence-corrected chi connectivity index (χ1v) is 9.24. The fourth-order valence-corrected chi connectivity index (χ4v) is 2.98. The van der Waals surface area contributed by atoms with Crippen molar-refractivity contribution in [2.45, 2.75) is 18.7 Å². The summed E-state index contributed by atoms with van der Waals surface area (Å²) in [6.45, 7) is 3.91. The molecule has 0 spiro atoms. The second-order valence-electron chi connectivity index (χ2n) is 5.31. The first-order valence-electron chi connectivity index (χ1n) is 7.47. The fourth-order valence-electron chi connectivity index (χ4n) is 1.99. The predicted octanol–water partition coefficient (Wildman–Crippen LogP) is 3.91. The lowest BCUT2D eigenvalue weighted by Gasteiger charge is -2.11. The minimum absolute atomic E-state index is 0.0346. The number of hydrogen-bond acceptors (Lipinski definition) is 3. The molecule has 0 saturated heterocycles. The molecule has 24 heavy (non-hydrogen) atoms. The van der Waals surface area contributed by atoms with Gasteiger partial charge in [0.25, 0.3) is 0 Å². The van der Waals surface area contributed by atoms with Gasteiger partial charge in [0, 0.05) is 15.1 Å². The second-order valence-corrected chi connectivity index (χ2v) is 7.28. The lowest BCUT2D eigenvalue weighted by molar-refractivity contribution is -0.122. The van der Waals surface area contributed by atoms with Crippen molar-refractivity contribution in [1.82, 2.24) is 5.32 Å². The van der Waals surface area contributed by atoms with Crippen LogP contribution in [-0.4, -0.2) is 24.1 Å². The Morgan fingerprint density at radius 2 is 1.75 bits per heavy atom. The SMILES string of the molecule is Cc1cccc(NC(=O)CNC(=O)CSc2ccc(Br)cc2)c1C. The van der Waals surface area contributed by atoms with Gasteiger partial charge in [-0.3, -0.25) is 9.59 Å². The van der Waals surface area contributed by atoms with Crippen LogP contribution < -0.4 is 10.6 Å². The topological polar surface area (TPSA) is 58.2 Å². The van der Waals surface area contributed by atoms with E-state index in [1.54, 1.807) is 0 Å². The molecule has 0 radical (unpaired) electrons. The summed E-state index contributed by atoms with van der Waals surface area (Å²) in [6, 6.07) is 13.5. The molecule has 0 atom stereocenters. The summed E-state index contributed by atoms with van der Waals surface area (Å²) < 4.78 is 0.999. The molecule has 126 valence electrons. The monoisotopic (exact) mass is 406 g/mol. The highest BCUT2D eigenvalue weighted by Gasteiger charge is 2.08. The van der Waals surface area contributed by atoms with Crippen LogP contribution in [0.15, 0.2) is 51.8 Å². The van der Waals surface area contributed by atoms with Gasteiger partial charge in [-0.05, 0) is 55.3 Å². The molecule has 2 aromatic carbocycles. The van der Waals surface area contributed by atoms with E-state index >= 15 is 0 Å². The molecule has 2 amide bonds. The van der Waals surface area contributed by atoms with E-state index in [-0.39, 0.29) is 24.1 Å². The maximum Gasteiger partial charge on any atom is 0.243 e. The summed E-state index contributed by atoms with van der Waals surface area (Å²) in [7, 11) is 0. The van der Waals surface area contributed by atoms with Gasteiger partial charge in [-0.25, -0.2) is 0 Å². The van der Waals surface area contributed by atoms with E-state index < -0.39 is 0 Å². The predicted molar refractivity (Wildman–Crippen MR) is 102 cm³/mol. The molecule has 0 unspecified atom stereocenters. The lowest BCUT2D eigenvalue weighted by Crippen LogP contribution is -2.34. The van der Waals surface area contributed by atoms with Crippen LogP contribution in [0, 0.1) is 13.8 Å². The minimum Gasteiger partial charge on any atom is -0.346 e. The smallest absolute Gasteiger partial charge is 0.243 e. The van der Waals surface area contributed by atoms with Gasteiger partial charge in [-0.15, -0.1) is 11.8 Å². The van der Waals surface area contributed by atoms with Crippen LogP contribution in [-0.2, 0) is 9.59 Å². The number of nitrogens with one attached hydrogen (secondary N) is 2. The molecule has 2 N–H and O–H groups in total. The lowest BCUT2D eigenvalue weighted by atomic mass is 10.1. The van der Waals surface area contributed by atoms with Crippen molar-refractivity contribution in [2.24, 2.45) is 0 Å². The molecule has 4 nitrogen and oxygen atoms in total. The third-order valence-corrected chi connectivity index (χ3v) is 5.05. The normalized spacial score (nSPS) is 10.3. The third kappa shape index (κ3) is 5.69. The van der Waals surface area contributed by atoms with Crippen LogP contribution >= 0.6 is 27.7 Å². The van der Waals surface area contributed by atoms with Crippen LogP contribution in [0.25, 0.3) is 0 Å². The van der Waals surface area contributed by atoms with Gasteiger partial charge in [-0.2, -0.15) is 0 Å². The Hall–Kier alpha value is -1.79. The molecule has 0 aliphatic carbocycles. The molecule has 2 rings (SSSR count). The average molecular weight is 407 g/mol. The number of aryl methyl sites for hydroxylation is 1. The van der Waals surface area contributed by atoms with E-state index in [1.807, 2.05) is 56.3 Å². The number of hydrogen-bond donors (Lipinski definition) is 2. The summed E-state index contributed by atoms with van der Waals surface area (Å²) in [6.07, 6.45) is 0. The number of anilines is 1.